The first-order valence-corrected chi connectivity index (χ1v) is 4.47. The Kier molecular flexibility index (Phi) is 2.90. The Bertz CT molecular complexity index is 166. The van der Waals surface area contributed by atoms with Gasteiger partial charge in [-0.1, -0.05) is 34.8 Å². The minimum Gasteiger partial charge on any atom is -0.338 e. The van der Waals surface area contributed by atoms with Crippen LogP contribution in [0, 0.1) is 0 Å². The van der Waals surface area contributed by atoms with E-state index in [-0.39, 0.29) is 12.5 Å². The summed E-state index contributed by atoms with van der Waals surface area (Å²) in [5, 5.41) is 0. The first kappa shape index (κ1) is 9.43. The molecular weight excluding hydrogens is 208 g/mol. The van der Waals surface area contributed by atoms with Crippen LogP contribution in [0.1, 0.15) is 12.8 Å². The standard InChI is InChI=1S/C6H8Cl3NO/c7-6(8,9)4-10-3-1-2-5(10)11/h1-4H2. The normalized spacial score (nSPS) is 19.5. The predicted molar refractivity (Wildman–Crippen MR) is 46.1 cm³/mol. The van der Waals surface area contributed by atoms with Crippen molar-refractivity contribution in [2.45, 2.75) is 16.6 Å². The largest absolute Gasteiger partial charge is 0.338 e. The Labute approximate surface area is 80.4 Å². The first-order valence-electron chi connectivity index (χ1n) is 3.33. The molecule has 0 aromatic heterocycles. The monoisotopic (exact) mass is 215 g/mol. The maximum absolute atomic E-state index is 11.0. The van der Waals surface area contributed by atoms with E-state index in [2.05, 4.69) is 0 Å². The molecule has 0 N–H and O–H groups in total. The van der Waals surface area contributed by atoms with Crippen molar-refractivity contribution in [2.24, 2.45) is 0 Å². The molecule has 0 aliphatic carbocycles. The Hall–Kier alpha value is 0.340. The van der Waals surface area contributed by atoms with Gasteiger partial charge in [-0.25, -0.2) is 0 Å². The van der Waals surface area contributed by atoms with Crippen molar-refractivity contribution in [3.05, 3.63) is 0 Å². The zero-order chi connectivity index (χ0) is 8.48. The van der Waals surface area contributed by atoms with Crippen molar-refractivity contribution in [2.75, 3.05) is 13.1 Å². The molecule has 1 aliphatic heterocycles. The van der Waals surface area contributed by atoms with Crippen LogP contribution in [0.2, 0.25) is 0 Å². The Balaban J connectivity index is 2.43. The quantitative estimate of drug-likeness (QED) is 0.614. The van der Waals surface area contributed by atoms with Gasteiger partial charge in [-0.05, 0) is 6.42 Å². The second-order valence-corrected chi connectivity index (χ2v) is 5.05. The molecule has 1 aliphatic rings. The molecule has 0 atom stereocenters. The summed E-state index contributed by atoms with van der Waals surface area (Å²) >= 11 is 16.5. The molecule has 1 amide bonds. The van der Waals surface area contributed by atoms with E-state index < -0.39 is 3.79 Å². The maximum Gasteiger partial charge on any atom is 0.222 e. The summed E-state index contributed by atoms with van der Waals surface area (Å²) in [5.41, 5.74) is 0. The van der Waals surface area contributed by atoms with E-state index in [0.717, 1.165) is 6.42 Å². The van der Waals surface area contributed by atoms with Gasteiger partial charge in [0.05, 0.1) is 6.54 Å². The lowest BCUT2D eigenvalue weighted by Gasteiger charge is -2.20. The second-order valence-electron chi connectivity index (χ2n) is 2.53. The lowest BCUT2D eigenvalue weighted by molar-refractivity contribution is -0.127. The molecule has 0 radical (unpaired) electrons. The van der Waals surface area contributed by atoms with E-state index >= 15 is 0 Å². The summed E-state index contributed by atoms with van der Waals surface area (Å²) in [4.78, 5) is 12.6. The van der Waals surface area contributed by atoms with Crippen molar-refractivity contribution in [1.29, 1.82) is 0 Å². The van der Waals surface area contributed by atoms with Gasteiger partial charge in [0.2, 0.25) is 9.70 Å². The lowest BCUT2D eigenvalue weighted by atomic mass is 10.4. The van der Waals surface area contributed by atoms with E-state index in [1.807, 2.05) is 0 Å². The number of amides is 1. The summed E-state index contributed by atoms with van der Waals surface area (Å²) < 4.78 is -1.33. The third-order valence-corrected chi connectivity index (χ3v) is 1.90. The first-order chi connectivity index (χ1) is 4.99. The fourth-order valence-electron chi connectivity index (χ4n) is 1.09. The van der Waals surface area contributed by atoms with Crippen LogP contribution in [0.4, 0.5) is 0 Å². The van der Waals surface area contributed by atoms with Crippen LogP contribution in [0.25, 0.3) is 0 Å². The third-order valence-electron chi connectivity index (χ3n) is 1.54. The van der Waals surface area contributed by atoms with Gasteiger partial charge in [-0.3, -0.25) is 4.79 Å². The summed E-state index contributed by atoms with van der Waals surface area (Å²) in [6.07, 6.45) is 1.46. The minimum absolute atomic E-state index is 0.0799. The van der Waals surface area contributed by atoms with Gasteiger partial charge < -0.3 is 4.90 Å². The van der Waals surface area contributed by atoms with Crippen molar-refractivity contribution < 1.29 is 4.79 Å². The number of carbonyl (C=O) groups excluding carboxylic acids is 1. The van der Waals surface area contributed by atoms with Gasteiger partial charge in [-0.15, -0.1) is 0 Å². The molecule has 0 bridgehead atoms. The number of likely N-dealkylation sites (tertiary alicyclic amines) is 1. The zero-order valence-corrected chi connectivity index (χ0v) is 8.09. The Morgan fingerprint density at radius 3 is 2.45 bits per heavy atom. The number of rotatable bonds is 1. The van der Waals surface area contributed by atoms with Crippen molar-refractivity contribution >= 4 is 40.7 Å². The van der Waals surface area contributed by atoms with Crippen molar-refractivity contribution in [1.82, 2.24) is 4.90 Å². The van der Waals surface area contributed by atoms with E-state index in [4.69, 9.17) is 34.8 Å². The highest BCUT2D eigenvalue weighted by Crippen LogP contribution is 2.28. The molecule has 2 nitrogen and oxygen atoms in total. The molecule has 5 heteroatoms. The van der Waals surface area contributed by atoms with Crippen molar-refractivity contribution in [3.63, 3.8) is 0 Å². The topological polar surface area (TPSA) is 20.3 Å². The Morgan fingerprint density at radius 2 is 2.09 bits per heavy atom. The predicted octanol–water partition coefficient (Wildman–Crippen LogP) is 1.98. The van der Waals surface area contributed by atoms with Crippen LogP contribution in [0.15, 0.2) is 0 Å². The van der Waals surface area contributed by atoms with Gasteiger partial charge in [-0.2, -0.15) is 0 Å². The average molecular weight is 216 g/mol. The molecular formula is C6H8Cl3NO. The summed E-state index contributed by atoms with van der Waals surface area (Å²) in [6, 6.07) is 0. The number of halogens is 3. The molecule has 1 rings (SSSR count). The van der Waals surface area contributed by atoms with E-state index in [0.29, 0.717) is 13.0 Å². The van der Waals surface area contributed by atoms with E-state index in [9.17, 15) is 4.79 Å². The van der Waals surface area contributed by atoms with Crippen LogP contribution >= 0.6 is 34.8 Å². The van der Waals surface area contributed by atoms with E-state index in [1.54, 1.807) is 4.90 Å². The maximum atomic E-state index is 11.0. The Morgan fingerprint density at radius 1 is 1.45 bits per heavy atom. The second kappa shape index (κ2) is 3.38. The molecule has 0 spiro atoms. The number of hydrogen-bond acceptors (Lipinski definition) is 1. The molecule has 11 heavy (non-hydrogen) atoms. The number of hydrogen-bond donors (Lipinski definition) is 0. The SMILES string of the molecule is O=C1CCCN1CC(Cl)(Cl)Cl. The fraction of sp³-hybridized carbons (Fsp3) is 0.833. The van der Waals surface area contributed by atoms with E-state index in [1.165, 1.54) is 0 Å². The molecule has 1 fully saturated rings. The van der Waals surface area contributed by atoms with Gasteiger partial charge >= 0.3 is 0 Å². The third kappa shape index (κ3) is 3.06. The van der Waals surface area contributed by atoms with Gasteiger partial charge in [0.1, 0.15) is 0 Å². The van der Waals surface area contributed by atoms with Crippen LogP contribution in [-0.4, -0.2) is 27.7 Å². The zero-order valence-electron chi connectivity index (χ0n) is 5.82. The average Bonchev–Trinajstić information content (AvgIpc) is 2.12. The fourth-order valence-corrected chi connectivity index (χ4v) is 1.52. The van der Waals surface area contributed by atoms with Crippen LogP contribution in [0.3, 0.4) is 0 Å². The summed E-state index contributed by atoms with van der Waals surface area (Å²) in [7, 11) is 0. The van der Waals surface area contributed by atoms with Crippen LogP contribution in [-0.2, 0) is 4.79 Å². The van der Waals surface area contributed by atoms with Gasteiger partial charge in [0.25, 0.3) is 0 Å². The molecule has 1 saturated heterocycles. The summed E-state index contributed by atoms with van der Waals surface area (Å²) in [6.45, 7) is 0.920. The number of carbonyl (C=O) groups is 1. The summed E-state index contributed by atoms with van der Waals surface area (Å²) in [5.74, 6) is 0.0799. The highest BCUT2D eigenvalue weighted by Gasteiger charge is 2.29. The molecule has 0 aromatic rings. The lowest BCUT2D eigenvalue weighted by Crippen LogP contribution is -2.33. The minimum atomic E-state index is -1.33. The number of nitrogens with zero attached hydrogens (tertiary/aromatic N) is 1. The molecule has 0 aromatic carbocycles. The van der Waals surface area contributed by atoms with Crippen LogP contribution < -0.4 is 0 Å². The highest BCUT2D eigenvalue weighted by atomic mass is 35.6. The molecule has 64 valence electrons. The molecule has 0 unspecified atom stereocenters. The van der Waals surface area contributed by atoms with Gasteiger partial charge in [0, 0.05) is 13.0 Å². The van der Waals surface area contributed by atoms with Crippen LogP contribution in [0.5, 0.6) is 0 Å². The number of alkyl halides is 3. The van der Waals surface area contributed by atoms with Crippen molar-refractivity contribution in [3.8, 4) is 0 Å². The van der Waals surface area contributed by atoms with Gasteiger partial charge in [0.15, 0.2) is 0 Å². The highest BCUT2D eigenvalue weighted by molar-refractivity contribution is 6.67. The smallest absolute Gasteiger partial charge is 0.222 e. The molecule has 1 heterocycles. The molecule has 0 saturated carbocycles.